The van der Waals surface area contributed by atoms with E-state index in [-0.39, 0.29) is 22.0 Å². The Morgan fingerprint density at radius 2 is 1.77 bits per heavy atom. The van der Waals surface area contributed by atoms with Crippen LogP contribution >= 0.6 is 0 Å². The molecule has 0 saturated heterocycles. The molecular weight excluding hydrogens is 408 g/mol. The lowest BCUT2D eigenvalue weighted by atomic mass is 10.2. The van der Waals surface area contributed by atoms with Gasteiger partial charge in [0, 0.05) is 37.0 Å². The number of carbonyl (C=O) groups is 1. The Balaban J connectivity index is 1.91. The topological polar surface area (TPSA) is 130 Å². The van der Waals surface area contributed by atoms with E-state index in [0.29, 0.717) is 22.8 Å². The summed E-state index contributed by atoms with van der Waals surface area (Å²) in [5.74, 6) is 0.0314. The van der Waals surface area contributed by atoms with Gasteiger partial charge in [-0.05, 0) is 45.0 Å². The van der Waals surface area contributed by atoms with Crippen molar-refractivity contribution in [2.24, 2.45) is 0 Å². The largest absolute Gasteiger partial charge is 0.306 e. The molecule has 0 bridgehead atoms. The van der Waals surface area contributed by atoms with Crippen molar-refractivity contribution in [2.45, 2.75) is 25.7 Å². The van der Waals surface area contributed by atoms with Crippen LogP contribution in [0.5, 0.6) is 0 Å². The van der Waals surface area contributed by atoms with Crippen LogP contribution < -0.4 is 10.9 Å². The first-order chi connectivity index (χ1) is 14.0. The smallest absolute Gasteiger partial charge is 0.256 e. The highest BCUT2D eigenvalue weighted by molar-refractivity contribution is 7.89. The molecule has 0 aliphatic rings. The number of aryl methyl sites for hydroxylation is 2. The van der Waals surface area contributed by atoms with E-state index in [0.717, 1.165) is 4.31 Å². The Morgan fingerprint density at radius 3 is 2.33 bits per heavy atom. The van der Waals surface area contributed by atoms with Crippen molar-refractivity contribution in [1.82, 2.24) is 24.1 Å². The lowest BCUT2D eigenvalue weighted by Crippen LogP contribution is -2.22. The van der Waals surface area contributed by atoms with Gasteiger partial charge in [-0.2, -0.15) is 9.78 Å². The molecule has 0 spiro atoms. The second-order valence-corrected chi connectivity index (χ2v) is 9.10. The number of benzene rings is 1. The maximum atomic E-state index is 12.7. The van der Waals surface area contributed by atoms with Crippen LogP contribution in [0.4, 0.5) is 5.82 Å². The minimum atomic E-state index is -3.58. The van der Waals surface area contributed by atoms with Gasteiger partial charge in [0.05, 0.1) is 10.6 Å². The molecule has 2 N–H and O–H groups in total. The summed E-state index contributed by atoms with van der Waals surface area (Å²) >= 11 is 0. The molecule has 10 nitrogen and oxygen atoms in total. The molecule has 3 aromatic rings. The fourth-order valence-corrected chi connectivity index (χ4v) is 3.56. The zero-order valence-corrected chi connectivity index (χ0v) is 18.0. The highest BCUT2D eigenvalue weighted by atomic mass is 32.2. The summed E-state index contributed by atoms with van der Waals surface area (Å²) in [6.45, 7) is 5.13. The van der Waals surface area contributed by atoms with Crippen molar-refractivity contribution in [1.29, 1.82) is 0 Å². The molecule has 11 heteroatoms. The first-order valence-electron chi connectivity index (χ1n) is 8.99. The quantitative estimate of drug-likeness (QED) is 0.629. The minimum absolute atomic E-state index is 0.0850. The fraction of sp³-hybridized carbons (Fsp3) is 0.263. The zero-order chi connectivity index (χ0) is 22.2. The third-order valence-corrected chi connectivity index (χ3v) is 6.38. The van der Waals surface area contributed by atoms with Gasteiger partial charge in [-0.1, -0.05) is 0 Å². The number of sulfonamides is 1. The van der Waals surface area contributed by atoms with Crippen molar-refractivity contribution in [3.63, 3.8) is 0 Å². The molecule has 0 fully saturated rings. The van der Waals surface area contributed by atoms with Crippen LogP contribution in [0.3, 0.4) is 0 Å². The summed E-state index contributed by atoms with van der Waals surface area (Å²) in [6, 6.07) is 7.23. The predicted molar refractivity (Wildman–Crippen MR) is 111 cm³/mol. The average molecular weight is 430 g/mol. The summed E-state index contributed by atoms with van der Waals surface area (Å²) in [4.78, 5) is 31.8. The molecule has 2 aromatic heterocycles. The van der Waals surface area contributed by atoms with Crippen LogP contribution in [0.25, 0.3) is 5.95 Å². The molecule has 0 radical (unpaired) electrons. The van der Waals surface area contributed by atoms with Crippen LogP contribution in [-0.4, -0.2) is 52.5 Å². The van der Waals surface area contributed by atoms with Crippen LogP contribution in [-0.2, 0) is 10.0 Å². The lowest BCUT2D eigenvalue weighted by Gasteiger charge is -2.12. The van der Waals surface area contributed by atoms with Gasteiger partial charge in [-0.25, -0.2) is 17.7 Å². The number of H-pyrrole nitrogens is 1. The van der Waals surface area contributed by atoms with Crippen molar-refractivity contribution in [3.8, 4) is 5.95 Å². The molecule has 3 rings (SSSR count). The monoisotopic (exact) mass is 430 g/mol. The van der Waals surface area contributed by atoms with E-state index >= 15 is 0 Å². The van der Waals surface area contributed by atoms with Gasteiger partial charge >= 0.3 is 0 Å². The molecule has 0 atom stereocenters. The average Bonchev–Trinajstić information content (AvgIpc) is 3.05. The molecule has 0 aliphatic carbocycles. The third-order valence-electron chi connectivity index (χ3n) is 4.55. The summed E-state index contributed by atoms with van der Waals surface area (Å²) in [6.07, 6.45) is 0. The molecule has 158 valence electrons. The van der Waals surface area contributed by atoms with Crippen molar-refractivity contribution in [2.75, 3.05) is 19.4 Å². The zero-order valence-electron chi connectivity index (χ0n) is 17.2. The van der Waals surface area contributed by atoms with Crippen molar-refractivity contribution in [3.05, 3.63) is 63.2 Å². The number of amides is 1. The molecule has 30 heavy (non-hydrogen) atoms. The Bertz CT molecular complexity index is 1270. The molecule has 0 saturated carbocycles. The molecule has 1 amide bonds. The third kappa shape index (κ3) is 4.02. The molecule has 0 aliphatic heterocycles. The van der Waals surface area contributed by atoms with Gasteiger partial charge in [-0.15, -0.1) is 0 Å². The maximum absolute atomic E-state index is 12.7. The van der Waals surface area contributed by atoms with Gasteiger partial charge < -0.3 is 5.32 Å². The number of rotatable bonds is 5. The number of aromatic nitrogens is 4. The molecular formula is C19H22N6O4S. The SMILES string of the molecule is Cc1cc(NC(=O)c2ccc(S(=O)(=O)N(C)C)cc2)n(-c2nc(C)c(C)c(=O)[nH]2)n1. The molecule has 1 aromatic carbocycles. The number of nitrogens with one attached hydrogen (secondary N) is 2. The second-order valence-electron chi connectivity index (χ2n) is 6.95. The van der Waals surface area contributed by atoms with Crippen LogP contribution in [0.1, 0.15) is 27.3 Å². The number of hydrogen-bond acceptors (Lipinski definition) is 6. The molecule has 2 heterocycles. The normalized spacial score (nSPS) is 11.7. The second kappa shape index (κ2) is 7.84. The highest BCUT2D eigenvalue weighted by Crippen LogP contribution is 2.18. The Morgan fingerprint density at radius 1 is 1.13 bits per heavy atom. The number of hydrogen-bond donors (Lipinski definition) is 2. The summed E-state index contributed by atoms with van der Waals surface area (Å²) < 4.78 is 26.8. The predicted octanol–water partition coefficient (Wildman–Crippen LogP) is 1.38. The Labute approximate surface area is 173 Å². The van der Waals surface area contributed by atoms with Crippen molar-refractivity contribution >= 4 is 21.7 Å². The van der Waals surface area contributed by atoms with E-state index in [1.54, 1.807) is 26.8 Å². The van der Waals surface area contributed by atoms with E-state index in [9.17, 15) is 18.0 Å². The van der Waals surface area contributed by atoms with E-state index in [2.05, 4.69) is 20.4 Å². The van der Waals surface area contributed by atoms with Gasteiger partial charge in [0.25, 0.3) is 11.5 Å². The molecule has 0 unspecified atom stereocenters. The van der Waals surface area contributed by atoms with E-state index in [1.807, 2.05) is 0 Å². The van der Waals surface area contributed by atoms with Crippen LogP contribution in [0.2, 0.25) is 0 Å². The van der Waals surface area contributed by atoms with Gasteiger partial charge in [0.1, 0.15) is 5.82 Å². The maximum Gasteiger partial charge on any atom is 0.256 e. The number of aromatic amines is 1. The van der Waals surface area contributed by atoms with Crippen molar-refractivity contribution < 1.29 is 13.2 Å². The van der Waals surface area contributed by atoms with E-state index in [4.69, 9.17) is 0 Å². The summed E-state index contributed by atoms with van der Waals surface area (Å²) in [7, 11) is -0.714. The van der Waals surface area contributed by atoms with Gasteiger partial charge in [0.15, 0.2) is 0 Å². The van der Waals surface area contributed by atoms with Crippen LogP contribution in [0, 0.1) is 20.8 Å². The lowest BCUT2D eigenvalue weighted by molar-refractivity contribution is 0.102. The summed E-state index contributed by atoms with van der Waals surface area (Å²) in [5, 5.41) is 7.01. The first kappa shape index (κ1) is 21.4. The minimum Gasteiger partial charge on any atom is -0.306 e. The number of anilines is 1. The fourth-order valence-electron chi connectivity index (χ4n) is 2.66. The van der Waals surface area contributed by atoms with Gasteiger partial charge in [0.2, 0.25) is 16.0 Å². The Hall–Kier alpha value is -3.31. The Kier molecular flexibility index (Phi) is 5.59. The first-order valence-corrected chi connectivity index (χ1v) is 10.4. The highest BCUT2D eigenvalue weighted by Gasteiger charge is 2.19. The summed E-state index contributed by atoms with van der Waals surface area (Å²) in [5.41, 5.74) is 1.64. The van der Waals surface area contributed by atoms with E-state index < -0.39 is 15.9 Å². The number of carbonyl (C=O) groups excluding carboxylic acids is 1. The van der Waals surface area contributed by atoms with E-state index in [1.165, 1.54) is 43.0 Å². The standard InChI is InChI=1S/C19H22N6O4S/c1-11-10-16(25(23-11)19-20-13(3)12(2)17(26)22-19)21-18(27)14-6-8-15(9-7-14)30(28,29)24(4)5/h6-10H,1-5H3,(H,21,27)(H,20,22,26). The van der Waals surface area contributed by atoms with Crippen LogP contribution in [0.15, 0.2) is 40.0 Å². The number of nitrogens with zero attached hydrogens (tertiary/aromatic N) is 4. The van der Waals surface area contributed by atoms with Gasteiger partial charge in [-0.3, -0.25) is 14.6 Å².